The number of hydrogen-bond donors (Lipinski definition) is 1. The van der Waals surface area contributed by atoms with Crippen LogP contribution in [-0.2, 0) is 4.74 Å². The highest BCUT2D eigenvalue weighted by Gasteiger charge is 2.20. The highest BCUT2D eigenvalue weighted by Crippen LogP contribution is 2.22. The molecule has 0 bridgehead atoms. The van der Waals surface area contributed by atoms with E-state index < -0.39 is 0 Å². The Morgan fingerprint density at radius 2 is 1.93 bits per heavy atom. The van der Waals surface area contributed by atoms with Crippen LogP contribution in [0, 0.1) is 5.41 Å². The van der Waals surface area contributed by atoms with Gasteiger partial charge in [0.15, 0.2) is 0 Å². The van der Waals surface area contributed by atoms with Crippen LogP contribution < -0.4 is 5.32 Å². The molecule has 0 radical (unpaired) electrons. The van der Waals surface area contributed by atoms with Crippen LogP contribution in [0.4, 0.5) is 0 Å². The summed E-state index contributed by atoms with van der Waals surface area (Å²) in [5.74, 6) is 0. The third-order valence-corrected chi connectivity index (χ3v) is 2.53. The Morgan fingerprint density at radius 1 is 1.33 bits per heavy atom. The molecule has 2 heteroatoms. The standard InChI is InChI=1S/C13H27NO/c1-7-13(6,10-14-11(2)3)8-9-15-12(4)5/h7,11-12,14H,1,8-10H2,2-6H3. The molecule has 0 aliphatic heterocycles. The van der Waals surface area contributed by atoms with Crippen molar-refractivity contribution in [2.75, 3.05) is 13.2 Å². The Balaban J connectivity index is 3.90. The maximum absolute atomic E-state index is 5.57. The van der Waals surface area contributed by atoms with Crippen molar-refractivity contribution in [2.45, 2.75) is 53.2 Å². The largest absolute Gasteiger partial charge is 0.379 e. The lowest BCUT2D eigenvalue weighted by Gasteiger charge is -2.27. The molecule has 0 aliphatic carbocycles. The molecule has 0 aromatic rings. The molecule has 90 valence electrons. The first-order valence-electron chi connectivity index (χ1n) is 5.88. The SMILES string of the molecule is C=CC(C)(CCOC(C)C)CNC(C)C. The minimum atomic E-state index is 0.138. The van der Waals surface area contributed by atoms with Crippen LogP contribution in [0.3, 0.4) is 0 Å². The molecule has 0 heterocycles. The lowest BCUT2D eigenvalue weighted by atomic mass is 9.87. The van der Waals surface area contributed by atoms with Crippen molar-refractivity contribution in [1.82, 2.24) is 5.32 Å². The molecule has 0 spiro atoms. The second-order valence-electron chi connectivity index (χ2n) is 5.06. The first kappa shape index (κ1) is 14.7. The molecule has 0 amide bonds. The Bertz CT molecular complexity index is 177. The molecular weight excluding hydrogens is 186 g/mol. The lowest BCUT2D eigenvalue weighted by Crippen LogP contribution is -2.35. The molecule has 1 unspecified atom stereocenters. The molecule has 0 fully saturated rings. The fraction of sp³-hybridized carbons (Fsp3) is 0.846. The van der Waals surface area contributed by atoms with Gasteiger partial charge in [-0.3, -0.25) is 0 Å². The molecule has 1 atom stereocenters. The van der Waals surface area contributed by atoms with Crippen LogP contribution >= 0.6 is 0 Å². The van der Waals surface area contributed by atoms with Gasteiger partial charge in [0.05, 0.1) is 6.10 Å². The topological polar surface area (TPSA) is 21.3 Å². The Morgan fingerprint density at radius 3 is 2.33 bits per heavy atom. The average molecular weight is 213 g/mol. The highest BCUT2D eigenvalue weighted by atomic mass is 16.5. The summed E-state index contributed by atoms with van der Waals surface area (Å²) in [7, 11) is 0. The molecule has 0 saturated heterocycles. The van der Waals surface area contributed by atoms with Gasteiger partial charge in [-0.1, -0.05) is 26.8 Å². The van der Waals surface area contributed by atoms with Gasteiger partial charge in [-0.25, -0.2) is 0 Å². The van der Waals surface area contributed by atoms with Gasteiger partial charge in [-0.05, 0) is 25.7 Å². The molecule has 0 rings (SSSR count). The van der Waals surface area contributed by atoms with Crippen LogP contribution in [0.2, 0.25) is 0 Å². The summed E-state index contributed by atoms with van der Waals surface area (Å²) in [5.41, 5.74) is 0.138. The Kier molecular flexibility index (Phi) is 6.86. The molecule has 2 nitrogen and oxygen atoms in total. The van der Waals surface area contributed by atoms with E-state index in [2.05, 4.69) is 46.5 Å². The van der Waals surface area contributed by atoms with Gasteiger partial charge in [0.25, 0.3) is 0 Å². The van der Waals surface area contributed by atoms with Crippen LogP contribution in [0.25, 0.3) is 0 Å². The van der Waals surface area contributed by atoms with Gasteiger partial charge in [-0.2, -0.15) is 0 Å². The summed E-state index contributed by atoms with van der Waals surface area (Å²) in [6, 6.07) is 0.523. The predicted molar refractivity (Wildman–Crippen MR) is 67.1 cm³/mol. The molecule has 15 heavy (non-hydrogen) atoms. The van der Waals surface area contributed by atoms with E-state index in [0.717, 1.165) is 19.6 Å². The fourth-order valence-electron chi connectivity index (χ4n) is 1.23. The van der Waals surface area contributed by atoms with E-state index >= 15 is 0 Å². The molecule has 0 saturated carbocycles. The zero-order chi connectivity index (χ0) is 11.9. The minimum Gasteiger partial charge on any atom is -0.379 e. The summed E-state index contributed by atoms with van der Waals surface area (Å²) in [6.45, 7) is 16.4. The quantitative estimate of drug-likeness (QED) is 0.626. The van der Waals surface area contributed by atoms with E-state index in [0.29, 0.717) is 12.1 Å². The van der Waals surface area contributed by atoms with Crippen LogP contribution in [0.1, 0.15) is 41.0 Å². The minimum absolute atomic E-state index is 0.138. The summed E-state index contributed by atoms with van der Waals surface area (Å²) >= 11 is 0. The molecule has 0 aliphatic rings. The van der Waals surface area contributed by atoms with Crippen molar-refractivity contribution in [3.8, 4) is 0 Å². The zero-order valence-electron chi connectivity index (χ0n) is 11.0. The van der Waals surface area contributed by atoms with Crippen molar-refractivity contribution in [1.29, 1.82) is 0 Å². The van der Waals surface area contributed by atoms with Gasteiger partial charge < -0.3 is 10.1 Å². The summed E-state index contributed by atoms with van der Waals surface area (Å²) in [6.07, 6.45) is 3.37. The summed E-state index contributed by atoms with van der Waals surface area (Å²) < 4.78 is 5.57. The maximum Gasteiger partial charge on any atom is 0.0518 e. The Hall–Kier alpha value is -0.340. The molecule has 0 aromatic heterocycles. The van der Waals surface area contributed by atoms with Gasteiger partial charge in [0, 0.05) is 19.2 Å². The molecule has 0 aromatic carbocycles. The van der Waals surface area contributed by atoms with Crippen molar-refractivity contribution in [3.63, 3.8) is 0 Å². The van der Waals surface area contributed by atoms with Gasteiger partial charge in [0.1, 0.15) is 0 Å². The molecule has 1 N–H and O–H groups in total. The number of ether oxygens (including phenoxy) is 1. The predicted octanol–water partition coefficient (Wildman–Crippen LogP) is 2.99. The second-order valence-corrected chi connectivity index (χ2v) is 5.06. The number of nitrogens with one attached hydrogen (secondary N) is 1. The first-order valence-corrected chi connectivity index (χ1v) is 5.88. The van der Waals surface area contributed by atoms with Crippen molar-refractivity contribution >= 4 is 0 Å². The smallest absolute Gasteiger partial charge is 0.0518 e. The van der Waals surface area contributed by atoms with Gasteiger partial charge >= 0.3 is 0 Å². The lowest BCUT2D eigenvalue weighted by molar-refractivity contribution is 0.0615. The van der Waals surface area contributed by atoms with E-state index in [1.165, 1.54) is 0 Å². The number of rotatable bonds is 8. The summed E-state index contributed by atoms with van der Waals surface area (Å²) in [4.78, 5) is 0. The third-order valence-electron chi connectivity index (χ3n) is 2.53. The summed E-state index contributed by atoms with van der Waals surface area (Å²) in [5, 5.41) is 3.45. The van der Waals surface area contributed by atoms with E-state index in [9.17, 15) is 0 Å². The van der Waals surface area contributed by atoms with E-state index in [1.807, 2.05) is 6.08 Å². The monoisotopic (exact) mass is 213 g/mol. The van der Waals surface area contributed by atoms with Crippen molar-refractivity contribution < 1.29 is 4.74 Å². The van der Waals surface area contributed by atoms with Crippen molar-refractivity contribution in [2.24, 2.45) is 5.41 Å². The third kappa shape index (κ3) is 7.57. The van der Waals surface area contributed by atoms with Crippen LogP contribution in [-0.4, -0.2) is 25.3 Å². The highest BCUT2D eigenvalue weighted by molar-refractivity contribution is 4.93. The zero-order valence-corrected chi connectivity index (χ0v) is 11.0. The number of hydrogen-bond acceptors (Lipinski definition) is 2. The van der Waals surface area contributed by atoms with E-state index in [1.54, 1.807) is 0 Å². The second kappa shape index (κ2) is 7.02. The van der Waals surface area contributed by atoms with Crippen LogP contribution in [0.15, 0.2) is 12.7 Å². The van der Waals surface area contributed by atoms with Crippen molar-refractivity contribution in [3.05, 3.63) is 12.7 Å². The normalized spacial score (nSPS) is 15.7. The Labute approximate surface area is 95.1 Å². The van der Waals surface area contributed by atoms with E-state index in [-0.39, 0.29) is 5.41 Å². The maximum atomic E-state index is 5.57. The molecular formula is C13H27NO. The average Bonchev–Trinajstić information content (AvgIpc) is 2.14. The van der Waals surface area contributed by atoms with Gasteiger partial charge in [-0.15, -0.1) is 6.58 Å². The van der Waals surface area contributed by atoms with E-state index in [4.69, 9.17) is 4.74 Å². The van der Waals surface area contributed by atoms with Crippen LogP contribution in [0.5, 0.6) is 0 Å². The fourth-order valence-corrected chi connectivity index (χ4v) is 1.23. The first-order chi connectivity index (χ1) is 6.89. The van der Waals surface area contributed by atoms with Gasteiger partial charge in [0.2, 0.25) is 0 Å².